The highest BCUT2D eigenvalue weighted by Crippen LogP contribution is 2.22. The number of hydrogen-bond acceptors (Lipinski definition) is 2. The lowest BCUT2D eigenvalue weighted by Gasteiger charge is -2.18. The summed E-state index contributed by atoms with van der Waals surface area (Å²) in [5.41, 5.74) is 0.609. The molecule has 20 heavy (non-hydrogen) atoms. The molecule has 0 atom stereocenters. The van der Waals surface area contributed by atoms with E-state index in [0.29, 0.717) is 18.6 Å². The number of likely N-dealkylation sites (N-methyl/N-ethyl adjacent to an activating group) is 1. The molecule has 1 N–H and O–H groups in total. The number of carbonyl (C=O) groups excluding carboxylic acids is 2. The molecular weight excluding hydrogens is 259 g/mol. The van der Waals surface area contributed by atoms with Gasteiger partial charge in [-0.05, 0) is 25.5 Å². The van der Waals surface area contributed by atoms with Gasteiger partial charge in [-0.1, -0.05) is 13.0 Å². The van der Waals surface area contributed by atoms with Crippen LogP contribution in [0.5, 0.6) is 0 Å². The van der Waals surface area contributed by atoms with Crippen molar-refractivity contribution in [2.75, 3.05) is 13.1 Å². The molecule has 0 bridgehead atoms. The summed E-state index contributed by atoms with van der Waals surface area (Å²) >= 11 is 0. The summed E-state index contributed by atoms with van der Waals surface area (Å²) in [7, 11) is 0. The summed E-state index contributed by atoms with van der Waals surface area (Å²) in [6, 6.07) is 4.50. The zero-order valence-corrected chi connectivity index (χ0v) is 11.6. The number of nitrogens with zero attached hydrogens (tertiary/aromatic N) is 1. The van der Waals surface area contributed by atoms with E-state index in [4.69, 9.17) is 0 Å². The number of nitrogens with one attached hydrogen (secondary N) is 1. The van der Waals surface area contributed by atoms with Crippen molar-refractivity contribution in [2.45, 2.75) is 20.3 Å². The molecule has 0 fully saturated rings. The maximum Gasteiger partial charge on any atom is 0.295 e. The third-order valence-corrected chi connectivity index (χ3v) is 3.26. The summed E-state index contributed by atoms with van der Waals surface area (Å²) in [5.74, 6) is -1.76. The second kappa shape index (κ2) is 5.86. The van der Waals surface area contributed by atoms with Gasteiger partial charge in [-0.25, -0.2) is 4.39 Å². The molecule has 0 saturated heterocycles. The third-order valence-electron chi connectivity index (χ3n) is 3.26. The molecule has 0 spiro atoms. The normalized spacial score (nSPS) is 10.8. The first-order valence-corrected chi connectivity index (χ1v) is 6.69. The molecule has 1 aromatic heterocycles. The summed E-state index contributed by atoms with van der Waals surface area (Å²) in [6.45, 7) is 4.73. The summed E-state index contributed by atoms with van der Waals surface area (Å²) in [5, 5.41) is 0.179. The maximum absolute atomic E-state index is 13.8. The molecule has 4 nitrogen and oxygen atoms in total. The van der Waals surface area contributed by atoms with Gasteiger partial charge in [-0.3, -0.25) is 9.59 Å². The lowest BCUT2D eigenvalue weighted by atomic mass is 10.1. The molecule has 5 heteroatoms. The van der Waals surface area contributed by atoms with Gasteiger partial charge >= 0.3 is 0 Å². The number of benzene rings is 1. The predicted octanol–water partition coefficient (Wildman–Crippen LogP) is 2.75. The van der Waals surface area contributed by atoms with Crippen LogP contribution in [-0.4, -0.2) is 34.7 Å². The highest BCUT2D eigenvalue weighted by Gasteiger charge is 2.25. The first-order chi connectivity index (χ1) is 9.60. The van der Waals surface area contributed by atoms with E-state index in [1.807, 2.05) is 13.8 Å². The Balaban J connectivity index is 2.39. The lowest BCUT2D eigenvalue weighted by molar-refractivity contribution is -0.126. The average Bonchev–Trinajstić information content (AvgIpc) is 2.88. The molecule has 0 saturated carbocycles. The van der Waals surface area contributed by atoms with Crippen LogP contribution in [0.2, 0.25) is 0 Å². The van der Waals surface area contributed by atoms with Crippen LogP contribution in [0.4, 0.5) is 4.39 Å². The van der Waals surface area contributed by atoms with Gasteiger partial charge in [0.25, 0.3) is 11.7 Å². The number of Topliss-reactive ketones (excluding diaryl/α,β-unsaturated/α-hetero) is 1. The van der Waals surface area contributed by atoms with E-state index in [0.717, 1.165) is 6.42 Å². The number of carbonyl (C=O) groups is 2. The quantitative estimate of drug-likeness (QED) is 0.674. The van der Waals surface area contributed by atoms with Gasteiger partial charge in [-0.2, -0.15) is 0 Å². The Morgan fingerprint density at radius 1 is 1.30 bits per heavy atom. The highest BCUT2D eigenvalue weighted by atomic mass is 19.1. The van der Waals surface area contributed by atoms with Crippen LogP contribution in [0.15, 0.2) is 24.4 Å². The zero-order valence-electron chi connectivity index (χ0n) is 11.6. The maximum atomic E-state index is 13.8. The van der Waals surface area contributed by atoms with Crippen molar-refractivity contribution in [3.63, 3.8) is 0 Å². The van der Waals surface area contributed by atoms with E-state index in [2.05, 4.69) is 4.98 Å². The van der Waals surface area contributed by atoms with E-state index in [1.54, 1.807) is 12.1 Å². The van der Waals surface area contributed by atoms with E-state index in [1.165, 1.54) is 17.2 Å². The van der Waals surface area contributed by atoms with Gasteiger partial charge < -0.3 is 9.88 Å². The topological polar surface area (TPSA) is 53.2 Å². The Hall–Kier alpha value is -2.17. The molecule has 1 amide bonds. The van der Waals surface area contributed by atoms with Crippen LogP contribution < -0.4 is 0 Å². The Kier molecular flexibility index (Phi) is 4.17. The van der Waals surface area contributed by atoms with Crippen molar-refractivity contribution >= 4 is 22.6 Å². The number of aromatic nitrogens is 1. The van der Waals surface area contributed by atoms with Crippen molar-refractivity contribution in [3.05, 3.63) is 35.8 Å². The largest absolute Gasteiger partial charge is 0.360 e. The van der Waals surface area contributed by atoms with E-state index in [-0.39, 0.29) is 10.9 Å². The minimum Gasteiger partial charge on any atom is -0.360 e. The SMILES string of the molecule is CCCN(CC)C(=O)C(=O)c1c[nH]c2cccc(F)c12. The number of halogens is 1. The Bertz CT molecular complexity index is 648. The molecule has 0 radical (unpaired) electrons. The summed E-state index contributed by atoms with van der Waals surface area (Å²) in [4.78, 5) is 28.7. The Morgan fingerprint density at radius 3 is 2.70 bits per heavy atom. The van der Waals surface area contributed by atoms with Crippen LogP contribution in [0.3, 0.4) is 0 Å². The number of hydrogen-bond donors (Lipinski definition) is 1. The van der Waals surface area contributed by atoms with Gasteiger partial charge in [0, 0.05) is 30.2 Å². The van der Waals surface area contributed by atoms with Crippen LogP contribution >= 0.6 is 0 Å². The minimum absolute atomic E-state index is 0.0950. The molecule has 0 aliphatic rings. The van der Waals surface area contributed by atoms with Gasteiger partial charge in [-0.15, -0.1) is 0 Å². The predicted molar refractivity (Wildman–Crippen MR) is 75.1 cm³/mol. The zero-order chi connectivity index (χ0) is 14.7. The molecule has 2 rings (SSSR count). The number of aromatic amines is 1. The molecule has 0 aliphatic carbocycles. The first-order valence-electron chi connectivity index (χ1n) is 6.69. The van der Waals surface area contributed by atoms with Crippen molar-refractivity contribution in [1.82, 2.24) is 9.88 Å². The van der Waals surface area contributed by atoms with Crippen molar-refractivity contribution in [3.8, 4) is 0 Å². The van der Waals surface area contributed by atoms with Crippen LogP contribution in [0.1, 0.15) is 30.6 Å². The second-order valence-corrected chi connectivity index (χ2v) is 4.58. The number of amides is 1. The average molecular weight is 276 g/mol. The number of fused-ring (bicyclic) bond motifs is 1. The van der Waals surface area contributed by atoms with Crippen molar-refractivity contribution in [1.29, 1.82) is 0 Å². The fraction of sp³-hybridized carbons (Fsp3) is 0.333. The smallest absolute Gasteiger partial charge is 0.295 e. The third kappa shape index (κ3) is 2.43. The first kappa shape index (κ1) is 14.2. The van der Waals surface area contributed by atoms with E-state index < -0.39 is 17.5 Å². The van der Waals surface area contributed by atoms with Crippen LogP contribution in [-0.2, 0) is 4.79 Å². The molecule has 0 aliphatic heterocycles. The molecule has 1 aromatic carbocycles. The number of rotatable bonds is 5. The van der Waals surface area contributed by atoms with Crippen molar-refractivity contribution < 1.29 is 14.0 Å². The number of ketones is 1. The minimum atomic E-state index is -0.670. The van der Waals surface area contributed by atoms with Crippen LogP contribution in [0.25, 0.3) is 10.9 Å². The van der Waals surface area contributed by atoms with Gasteiger partial charge in [0.05, 0.1) is 5.56 Å². The monoisotopic (exact) mass is 276 g/mol. The molecule has 2 aromatic rings. The molecule has 1 heterocycles. The summed E-state index contributed by atoms with van der Waals surface area (Å²) < 4.78 is 13.8. The van der Waals surface area contributed by atoms with Gasteiger partial charge in [0.2, 0.25) is 0 Å². The highest BCUT2D eigenvalue weighted by molar-refractivity contribution is 6.44. The molecule has 0 unspecified atom stereocenters. The standard InChI is InChI=1S/C15H17FN2O2/c1-3-8-18(4-2)15(20)14(19)10-9-17-12-7-5-6-11(16)13(10)12/h5-7,9,17H,3-4,8H2,1-2H3. The van der Waals surface area contributed by atoms with E-state index >= 15 is 0 Å². The van der Waals surface area contributed by atoms with Gasteiger partial charge in [0.15, 0.2) is 0 Å². The van der Waals surface area contributed by atoms with Crippen LogP contribution in [0, 0.1) is 5.82 Å². The second-order valence-electron chi connectivity index (χ2n) is 4.58. The summed E-state index contributed by atoms with van der Waals surface area (Å²) in [6.07, 6.45) is 2.17. The number of H-pyrrole nitrogens is 1. The van der Waals surface area contributed by atoms with E-state index in [9.17, 15) is 14.0 Å². The van der Waals surface area contributed by atoms with Crippen molar-refractivity contribution in [2.24, 2.45) is 0 Å². The fourth-order valence-electron chi connectivity index (χ4n) is 2.25. The molecule has 106 valence electrons. The fourth-order valence-corrected chi connectivity index (χ4v) is 2.25. The Morgan fingerprint density at radius 2 is 2.05 bits per heavy atom. The Labute approximate surface area is 116 Å². The lowest BCUT2D eigenvalue weighted by Crippen LogP contribution is -2.37. The molecular formula is C15H17FN2O2. The van der Waals surface area contributed by atoms with Gasteiger partial charge in [0.1, 0.15) is 5.82 Å².